The van der Waals surface area contributed by atoms with Crippen LogP contribution in [0.2, 0.25) is 0 Å². The van der Waals surface area contributed by atoms with E-state index >= 15 is 0 Å². The molecule has 1 N–H and O–H groups in total. The zero-order valence-electron chi connectivity index (χ0n) is 9.05. The second-order valence-corrected chi connectivity index (χ2v) is 4.15. The first-order valence-electron chi connectivity index (χ1n) is 5.67. The van der Waals surface area contributed by atoms with Gasteiger partial charge in [-0.05, 0) is 39.2 Å². The summed E-state index contributed by atoms with van der Waals surface area (Å²) in [4.78, 5) is 0. The van der Waals surface area contributed by atoms with Gasteiger partial charge in [-0.15, -0.1) is 0 Å². The molecule has 13 heavy (non-hydrogen) atoms. The molecule has 1 fully saturated rings. The van der Waals surface area contributed by atoms with Crippen molar-refractivity contribution in [2.75, 3.05) is 7.05 Å². The Bertz CT molecular complexity index is 151. The Morgan fingerprint density at radius 2 is 1.92 bits per heavy atom. The quantitative estimate of drug-likeness (QED) is 0.645. The van der Waals surface area contributed by atoms with Crippen molar-refractivity contribution in [3.8, 4) is 0 Å². The fourth-order valence-corrected chi connectivity index (χ4v) is 2.28. The first-order valence-corrected chi connectivity index (χ1v) is 5.67. The van der Waals surface area contributed by atoms with Crippen molar-refractivity contribution in [2.24, 2.45) is 5.92 Å². The van der Waals surface area contributed by atoms with Crippen molar-refractivity contribution in [1.29, 1.82) is 0 Å². The average Bonchev–Trinajstić information content (AvgIpc) is 2.09. The standard InChI is InChI=1S/C12H23N/c1-3-7-11-8-5-4-6-9-12(10-11)13-2/h3,7,11-13H,4-6,8-10H2,1-2H3/b7-3-. The molecular formula is C12H23N. The molecule has 76 valence electrons. The lowest BCUT2D eigenvalue weighted by atomic mass is 9.88. The second-order valence-electron chi connectivity index (χ2n) is 4.15. The van der Waals surface area contributed by atoms with Crippen molar-refractivity contribution in [3.63, 3.8) is 0 Å². The molecule has 1 heteroatoms. The maximum Gasteiger partial charge on any atom is 0.00696 e. The average molecular weight is 181 g/mol. The molecule has 0 bridgehead atoms. The van der Waals surface area contributed by atoms with Gasteiger partial charge in [0, 0.05) is 6.04 Å². The van der Waals surface area contributed by atoms with Crippen LogP contribution in [0.5, 0.6) is 0 Å². The molecule has 0 aromatic carbocycles. The van der Waals surface area contributed by atoms with Crippen LogP contribution in [0, 0.1) is 5.92 Å². The largest absolute Gasteiger partial charge is 0.317 e. The Balaban J connectivity index is 2.42. The highest BCUT2D eigenvalue weighted by molar-refractivity contribution is 4.89. The topological polar surface area (TPSA) is 12.0 Å². The van der Waals surface area contributed by atoms with Crippen LogP contribution in [0.25, 0.3) is 0 Å². The zero-order valence-corrected chi connectivity index (χ0v) is 9.05. The normalized spacial score (nSPS) is 31.5. The summed E-state index contributed by atoms with van der Waals surface area (Å²) in [6.45, 7) is 2.13. The molecule has 1 saturated carbocycles. The van der Waals surface area contributed by atoms with E-state index in [1.54, 1.807) is 0 Å². The minimum Gasteiger partial charge on any atom is -0.317 e. The predicted molar refractivity (Wildman–Crippen MR) is 58.9 cm³/mol. The fraction of sp³-hybridized carbons (Fsp3) is 0.833. The summed E-state index contributed by atoms with van der Waals surface area (Å²) < 4.78 is 0. The van der Waals surface area contributed by atoms with Crippen LogP contribution in [-0.4, -0.2) is 13.1 Å². The molecule has 0 aliphatic heterocycles. The van der Waals surface area contributed by atoms with E-state index in [1.165, 1.54) is 38.5 Å². The SMILES string of the molecule is C/C=C\C1CCCCCC(NC)C1. The van der Waals surface area contributed by atoms with Crippen LogP contribution in [-0.2, 0) is 0 Å². The van der Waals surface area contributed by atoms with Crippen molar-refractivity contribution in [2.45, 2.75) is 51.5 Å². The summed E-state index contributed by atoms with van der Waals surface area (Å²) in [5.41, 5.74) is 0. The van der Waals surface area contributed by atoms with E-state index in [1.807, 2.05) is 0 Å². The van der Waals surface area contributed by atoms with E-state index in [9.17, 15) is 0 Å². The number of nitrogens with one attached hydrogen (secondary N) is 1. The van der Waals surface area contributed by atoms with Gasteiger partial charge >= 0.3 is 0 Å². The molecule has 1 nitrogen and oxygen atoms in total. The predicted octanol–water partition coefficient (Wildman–Crippen LogP) is 3.12. The first kappa shape index (κ1) is 10.8. The third kappa shape index (κ3) is 3.95. The van der Waals surface area contributed by atoms with Gasteiger partial charge < -0.3 is 5.32 Å². The Kier molecular flexibility index (Phi) is 5.14. The highest BCUT2D eigenvalue weighted by Crippen LogP contribution is 2.23. The molecule has 2 unspecified atom stereocenters. The number of hydrogen-bond acceptors (Lipinski definition) is 1. The van der Waals surface area contributed by atoms with Gasteiger partial charge in [-0.3, -0.25) is 0 Å². The fourth-order valence-electron chi connectivity index (χ4n) is 2.28. The number of hydrogen-bond donors (Lipinski definition) is 1. The molecule has 2 atom stereocenters. The zero-order chi connectivity index (χ0) is 9.52. The first-order chi connectivity index (χ1) is 6.36. The molecular weight excluding hydrogens is 158 g/mol. The van der Waals surface area contributed by atoms with E-state index in [2.05, 4.69) is 31.4 Å². The van der Waals surface area contributed by atoms with Gasteiger partial charge in [-0.1, -0.05) is 31.4 Å². The molecule has 0 amide bonds. The van der Waals surface area contributed by atoms with Crippen LogP contribution >= 0.6 is 0 Å². The molecule has 0 saturated heterocycles. The highest BCUT2D eigenvalue weighted by Gasteiger charge is 2.15. The van der Waals surface area contributed by atoms with Gasteiger partial charge in [0.2, 0.25) is 0 Å². The van der Waals surface area contributed by atoms with E-state index < -0.39 is 0 Å². The molecule has 0 aromatic heterocycles. The highest BCUT2D eigenvalue weighted by atomic mass is 14.9. The summed E-state index contributed by atoms with van der Waals surface area (Å²) in [7, 11) is 2.10. The second kappa shape index (κ2) is 6.20. The summed E-state index contributed by atoms with van der Waals surface area (Å²) in [5.74, 6) is 0.822. The van der Waals surface area contributed by atoms with Crippen molar-refractivity contribution < 1.29 is 0 Å². The third-order valence-electron chi connectivity index (χ3n) is 3.09. The summed E-state index contributed by atoms with van der Waals surface area (Å²) in [6.07, 6.45) is 12.9. The molecule has 0 aromatic rings. The van der Waals surface area contributed by atoms with E-state index in [-0.39, 0.29) is 0 Å². The minimum absolute atomic E-state index is 0.751. The maximum absolute atomic E-state index is 3.43. The Morgan fingerprint density at radius 3 is 2.62 bits per heavy atom. The summed E-state index contributed by atoms with van der Waals surface area (Å²) in [6, 6.07) is 0.751. The molecule has 0 heterocycles. The van der Waals surface area contributed by atoms with Crippen LogP contribution in [0.15, 0.2) is 12.2 Å². The van der Waals surface area contributed by atoms with E-state index in [0.29, 0.717) is 0 Å². The molecule has 1 rings (SSSR count). The lowest BCUT2D eigenvalue weighted by molar-refractivity contribution is 0.361. The summed E-state index contributed by atoms with van der Waals surface area (Å²) in [5, 5.41) is 3.43. The third-order valence-corrected chi connectivity index (χ3v) is 3.09. The minimum atomic E-state index is 0.751. The van der Waals surface area contributed by atoms with Gasteiger partial charge in [0.15, 0.2) is 0 Å². The van der Waals surface area contributed by atoms with Gasteiger partial charge in [0.1, 0.15) is 0 Å². The van der Waals surface area contributed by atoms with Gasteiger partial charge in [0.25, 0.3) is 0 Å². The molecule has 1 aliphatic carbocycles. The number of rotatable bonds is 2. The number of allylic oxidation sites excluding steroid dienone is 2. The van der Waals surface area contributed by atoms with E-state index in [0.717, 1.165) is 12.0 Å². The smallest absolute Gasteiger partial charge is 0.00696 e. The lowest BCUT2D eigenvalue weighted by Crippen LogP contribution is -2.28. The molecule has 0 spiro atoms. The van der Waals surface area contributed by atoms with Crippen LogP contribution in [0.1, 0.15) is 45.4 Å². The summed E-state index contributed by atoms with van der Waals surface area (Å²) >= 11 is 0. The van der Waals surface area contributed by atoms with Gasteiger partial charge in [-0.2, -0.15) is 0 Å². The Labute approximate surface area is 82.6 Å². The Hall–Kier alpha value is -0.300. The monoisotopic (exact) mass is 181 g/mol. The Morgan fingerprint density at radius 1 is 1.15 bits per heavy atom. The van der Waals surface area contributed by atoms with E-state index in [4.69, 9.17) is 0 Å². The van der Waals surface area contributed by atoms with Gasteiger partial charge in [-0.25, -0.2) is 0 Å². The molecule has 0 radical (unpaired) electrons. The van der Waals surface area contributed by atoms with Crippen LogP contribution in [0.3, 0.4) is 0 Å². The van der Waals surface area contributed by atoms with Crippen LogP contribution < -0.4 is 5.32 Å². The lowest BCUT2D eigenvalue weighted by Gasteiger charge is -2.24. The van der Waals surface area contributed by atoms with Gasteiger partial charge in [0.05, 0.1) is 0 Å². The maximum atomic E-state index is 3.43. The van der Waals surface area contributed by atoms with Crippen molar-refractivity contribution >= 4 is 0 Å². The molecule has 1 aliphatic rings. The van der Waals surface area contributed by atoms with Crippen molar-refractivity contribution in [3.05, 3.63) is 12.2 Å². The van der Waals surface area contributed by atoms with Crippen molar-refractivity contribution in [1.82, 2.24) is 5.32 Å². The van der Waals surface area contributed by atoms with Crippen LogP contribution in [0.4, 0.5) is 0 Å².